The molecule has 1 aliphatic carbocycles. The number of hydrogen-bond acceptors (Lipinski definition) is 6. The highest BCUT2D eigenvalue weighted by Crippen LogP contribution is 2.53. The number of carbonyl (C=O) groups excluding carboxylic acids is 1. The Kier molecular flexibility index (Phi) is 8.68. The summed E-state index contributed by atoms with van der Waals surface area (Å²) in [5.41, 5.74) is -0.758. The van der Waals surface area contributed by atoms with E-state index in [9.17, 15) is 18.0 Å². The summed E-state index contributed by atoms with van der Waals surface area (Å²) >= 11 is 0. The molecule has 3 fully saturated rings. The fourth-order valence-corrected chi connectivity index (χ4v) is 8.15. The first-order valence-corrected chi connectivity index (χ1v) is 20.4. The van der Waals surface area contributed by atoms with Gasteiger partial charge in [-0.25, -0.2) is 0 Å². The zero-order valence-electron chi connectivity index (χ0n) is 26.1. The second-order valence-electron chi connectivity index (χ2n) is 14.9. The number of esters is 1. The van der Waals surface area contributed by atoms with Gasteiger partial charge in [-0.1, -0.05) is 47.6 Å². The van der Waals surface area contributed by atoms with Crippen molar-refractivity contribution in [3.8, 4) is 5.75 Å². The van der Waals surface area contributed by atoms with E-state index in [0.717, 1.165) is 12.1 Å². The van der Waals surface area contributed by atoms with Crippen LogP contribution < -0.4 is 4.74 Å². The average molecular weight is 617 g/mol. The summed E-state index contributed by atoms with van der Waals surface area (Å²) in [6, 6.07) is 4.91. The topological polar surface area (TPSA) is 66.5 Å². The van der Waals surface area contributed by atoms with E-state index in [4.69, 9.17) is 23.1 Å². The van der Waals surface area contributed by atoms with Crippen LogP contribution in [0.25, 0.3) is 0 Å². The van der Waals surface area contributed by atoms with E-state index in [2.05, 4.69) is 67.7 Å². The zero-order valence-corrected chi connectivity index (χ0v) is 28.1. The van der Waals surface area contributed by atoms with Gasteiger partial charge in [0.2, 0.25) is 0 Å². The molecule has 2 aliphatic heterocycles. The van der Waals surface area contributed by atoms with Crippen LogP contribution in [0.15, 0.2) is 24.3 Å². The van der Waals surface area contributed by atoms with Gasteiger partial charge in [0.05, 0.1) is 24.2 Å². The zero-order chi connectivity index (χ0) is 30.8. The van der Waals surface area contributed by atoms with Crippen molar-refractivity contribution in [3.05, 3.63) is 29.8 Å². The molecule has 0 bridgehead atoms. The molecule has 11 heteroatoms. The van der Waals surface area contributed by atoms with Crippen LogP contribution in [0.4, 0.5) is 13.2 Å². The molecule has 0 aromatic heterocycles. The van der Waals surface area contributed by atoms with Gasteiger partial charge in [-0.3, -0.25) is 4.79 Å². The minimum Gasteiger partial charge on any atom is -0.491 e. The van der Waals surface area contributed by atoms with Gasteiger partial charge in [0.25, 0.3) is 0 Å². The maximum Gasteiger partial charge on any atom is 0.416 e. The molecule has 1 aromatic carbocycles. The number of alkyl halides is 3. The van der Waals surface area contributed by atoms with E-state index in [1.54, 1.807) is 0 Å². The predicted octanol–water partition coefficient (Wildman–Crippen LogP) is 7.58. The molecule has 0 N–H and O–H groups in total. The lowest BCUT2D eigenvalue weighted by Gasteiger charge is -2.40. The number of ether oxygens (including phenoxy) is 3. The second kappa shape index (κ2) is 10.9. The van der Waals surface area contributed by atoms with Gasteiger partial charge in [-0.2, -0.15) is 13.2 Å². The minimum atomic E-state index is -4.46. The third-order valence-electron chi connectivity index (χ3n) is 9.94. The van der Waals surface area contributed by atoms with Crippen LogP contribution >= 0.6 is 0 Å². The molecule has 3 unspecified atom stereocenters. The molecule has 6 nitrogen and oxygen atoms in total. The maximum atomic E-state index is 13.3. The van der Waals surface area contributed by atoms with Gasteiger partial charge in [0.1, 0.15) is 30.7 Å². The molecule has 41 heavy (non-hydrogen) atoms. The number of rotatable bonds is 9. The quantitative estimate of drug-likeness (QED) is 0.162. The highest BCUT2D eigenvalue weighted by atomic mass is 28.4. The number of carbonyl (C=O) groups is 1. The molecule has 0 spiro atoms. The summed E-state index contributed by atoms with van der Waals surface area (Å²) in [6.45, 7) is 21.8. The number of epoxide rings is 1. The van der Waals surface area contributed by atoms with Crippen LogP contribution in [0.2, 0.25) is 36.3 Å². The SMILES string of the molecule is CC(C)(C)[Si](C)(C)OC(COc1cccc(C(F)(F)F)c1)C1O[C@@H]1[C@@H]1C2CC(=O)O[C@H]2C[C@H]1O[Si](C)(C)C(C)(C)C. The van der Waals surface area contributed by atoms with Crippen LogP contribution in [0.5, 0.6) is 5.75 Å². The van der Waals surface area contributed by atoms with Crippen molar-refractivity contribution in [2.75, 3.05) is 6.61 Å². The molecule has 3 aliphatic rings. The molecule has 0 radical (unpaired) electrons. The van der Waals surface area contributed by atoms with Crippen molar-refractivity contribution in [3.63, 3.8) is 0 Å². The van der Waals surface area contributed by atoms with E-state index in [1.165, 1.54) is 12.1 Å². The van der Waals surface area contributed by atoms with E-state index in [-0.39, 0.29) is 64.7 Å². The first-order valence-electron chi connectivity index (χ1n) is 14.6. The van der Waals surface area contributed by atoms with E-state index < -0.39 is 34.5 Å². The maximum absolute atomic E-state index is 13.3. The molecule has 1 saturated carbocycles. The average Bonchev–Trinajstić information content (AvgIpc) is 3.40. The molecule has 7 atom stereocenters. The molecule has 0 amide bonds. The Hall–Kier alpha value is -1.41. The summed E-state index contributed by atoms with van der Waals surface area (Å²) in [6.07, 6.45) is -4.78. The first-order chi connectivity index (χ1) is 18.6. The molecular weight excluding hydrogens is 569 g/mol. The number of benzene rings is 1. The smallest absolute Gasteiger partial charge is 0.416 e. The van der Waals surface area contributed by atoms with Crippen LogP contribution in [-0.2, 0) is 29.3 Å². The third kappa shape index (κ3) is 7.05. The molecule has 232 valence electrons. The summed E-state index contributed by atoms with van der Waals surface area (Å²) in [5.74, 6) is -0.0829. The Bertz CT molecular complexity index is 1110. The highest BCUT2D eigenvalue weighted by molar-refractivity contribution is 6.74. The molecule has 4 rings (SSSR count). The summed E-state index contributed by atoms with van der Waals surface area (Å²) in [7, 11) is -4.42. The van der Waals surface area contributed by atoms with Crippen molar-refractivity contribution in [2.24, 2.45) is 11.8 Å². The van der Waals surface area contributed by atoms with Crippen molar-refractivity contribution < 1.29 is 41.0 Å². The number of halogens is 3. The van der Waals surface area contributed by atoms with E-state index in [0.29, 0.717) is 12.8 Å². The minimum absolute atomic E-state index is 0.00479. The fourth-order valence-electron chi connectivity index (χ4n) is 5.47. The largest absolute Gasteiger partial charge is 0.491 e. The van der Waals surface area contributed by atoms with Crippen LogP contribution in [-0.4, -0.2) is 59.7 Å². The van der Waals surface area contributed by atoms with Gasteiger partial charge >= 0.3 is 12.1 Å². The molecule has 2 heterocycles. The van der Waals surface area contributed by atoms with Crippen molar-refractivity contribution in [1.29, 1.82) is 0 Å². The normalized spacial score (nSPS) is 29.7. The van der Waals surface area contributed by atoms with E-state index in [1.807, 2.05) is 0 Å². The van der Waals surface area contributed by atoms with Gasteiger partial charge < -0.3 is 23.1 Å². The molecule has 2 saturated heterocycles. The van der Waals surface area contributed by atoms with Crippen molar-refractivity contribution in [2.45, 2.75) is 127 Å². The van der Waals surface area contributed by atoms with Crippen molar-refractivity contribution in [1.82, 2.24) is 0 Å². The standard InChI is InChI=1S/C30H47F3O6Si2/c1-28(2,3)40(7,8)38-22-16-21-20(15-24(34)36-21)25(22)27-26(37-27)23(39-41(9,10)29(4,5)6)17-35-19-13-11-12-18(14-19)30(31,32)33/h11-14,20-23,25-27H,15-17H2,1-10H3/t20?,21-,22+,23?,25+,26?,27+/m0/s1. The molecular formula is C30H47F3O6Si2. The van der Waals surface area contributed by atoms with Crippen molar-refractivity contribution >= 4 is 22.6 Å². The van der Waals surface area contributed by atoms with Gasteiger partial charge in [-0.15, -0.1) is 0 Å². The van der Waals surface area contributed by atoms with Crippen LogP contribution in [0.3, 0.4) is 0 Å². The predicted molar refractivity (Wildman–Crippen MR) is 156 cm³/mol. The van der Waals surface area contributed by atoms with Gasteiger partial charge in [0.15, 0.2) is 16.6 Å². The highest BCUT2D eigenvalue weighted by Gasteiger charge is 2.63. The number of fused-ring (bicyclic) bond motifs is 1. The third-order valence-corrected chi connectivity index (χ3v) is 18.9. The summed E-state index contributed by atoms with van der Waals surface area (Å²) < 4.78 is 71.6. The van der Waals surface area contributed by atoms with Gasteiger partial charge in [-0.05, 0) is 54.5 Å². The summed E-state index contributed by atoms with van der Waals surface area (Å²) in [4.78, 5) is 12.3. The van der Waals surface area contributed by atoms with Crippen LogP contribution in [0.1, 0.15) is 59.9 Å². The van der Waals surface area contributed by atoms with E-state index >= 15 is 0 Å². The Labute approximate surface area is 244 Å². The number of hydrogen-bond donors (Lipinski definition) is 0. The second-order valence-corrected chi connectivity index (χ2v) is 24.5. The summed E-state index contributed by atoms with van der Waals surface area (Å²) in [5, 5.41) is -0.0769. The lowest BCUT2D eigenvalue weighted by Crippen LogP contribution is -2.48. The fraction of sp³-hybridized carbons (Fsp3) is 0.767. The van der Waals surface area contributed by atoms with Gasteiger partial charge in [0, 0.05) is 18.3 Å². The Balaban J connectivity index is 1.57. The first kappa shape index (κ1) is 32.5. The monoisotopic (exact) mass is 616 g/mol. The van der Waals surface area contributed by atoms with Crippen LogP contribution in [0, 0.1) is 11.8 Å². The lowest BCUT2D eigenvalue weighted by molar-refractivity contribution is -0.142. The molecule has 1 aromatic rings. The Morgan fingerprint density at radius 1 is 1.00 bits per heavy atom. The Morgan fingerprint density at radius 2 is 1.63 bits per heavy atom. The Morgan fingerprint density at radius 3 is 2.22 bits per heavy atom. The lowest BCUT2D eigenvalue weighted by atomic mass is 9.87.